The van der Waals surface area contributed by atoms with Crippen LogP contribution in [0.1, 0.15) is 36.6 Å². The van der Waals surface area contributed by atoms with E-state index in [0.717, 1.165) is 16.5 Å². The summed E-state index contributed by atoms with van der Waals surface area (Å²) in [5, 5.41) is 30.7. The molecule has 5 heteroatoms. The van der Waals surface area contributed by atoms with Gasteiger partial charge in [0.2, 0.25) is 0 Å². The molecule has 0 amide bonds. The molecule has 0 saturated heterocycles. The Bertz CT molecular complexity index is 1100. The summed E-state index contributed by atoms with van der Waals surface area (Å²) in [6.45, 7) is 3.67. The molecule has 2 heterocycles. The predicted molar refractivity (Wildman–Crippen MR) is 96.7 cm³/mol. The summed E-state index contributed by atoms with van der Waals surface area (Å²) < 4.78 is 7.91. The van der Waals surface area contributed by atoms with Crippen molar-refractivity contribution >= 4 is 10.9 Å². The van der Waals surface area contributed by atoms with Crippen LogP contribution in [0.15, 0.2) is 48.7 Å². The first kappa shape index (κ1) is 16.2. The molecule has 128 valence electrons. The largest absolute Gasteiger partial charge is 0.485 e. The molecule has 1 N–H and O–H groups in total. The molecule has 0 aliphatic carbocycles. The van der Waals surface area contributed by atoms with Crippen molar-refractivity contribution in [1.82, 2.24) is 4.57 Å². The summed E-state index contributed by atoms with van der Waals surface area (Å²) in [7, 11) is 0. The monoisotopic (exact) mass is 343 g/mol. The van der Waals surface area contributed by atoms with Crippen LogP contribution in [0.2, 0.25) is 0 Å². The Morgan fingerprint density at radius 1 is 1.12 bits per heavy atom. The number of rotatable bonds is 1. The van der Waals surface area contributed by atoms with Crippen molar-refractivity contribution in [2.24, 2.45) is 0 Å². The molecule has 0 saturated carbocycles. The van der Waals surface area contributed by atoms with Crippen molar-refractivity contribution in [3.63, 3.8) is 0 Å². The van der Waals surface area contributed by atoms with E-state index in [1.165, 1.54) is 0 Å². The van der Waals surface area contributed by atoms with Gasteiger partial charge in [-0.25, -0.2) is 0 Å². The van der Waals surface area contributed by atoms with E-state index in [-0.39, 0.29) is 0 Å². The molecule has 3 aromatic rings. The minimum absolute atomic E-state index is 0.464. The second-order valence-electron chi connectivity index (χ2n) is 7.04. The minimum atomic E-state index is -0.855. The summed E-state index contributed by atoms with van der Waals surface area (Å²) in [6, 6.07) is 16.7. The number of aromatic nitrogens is 1. The van der Waals surface area contributed by atoms with Gasteiger partial charge in [-0.2, -0.15) is 10.5 Å². The van der Waals surface area contributed by atoms with E-state index in [4.69, 9.17) is 4.74 Å². The van der Waals surface area contributed by atoms with Crippen LogP contribution in [-0.4, -0.2) is 21.4 Å². The standard InChI is InChI=1S/C21H17N3O2/c1-21(2)20(25)19(16-9-13(10-22)7-8-18(16)26-21)24-12-14(11-23)15-5-3-4-6-17(15)24/h3-9,12,19-20,25H,1-2H3. The maximum atomic E-state index is 11.1. The van der Waals surface area contributed by atoms with E-state index in [2.05, 4.69) is 12.1 Å². The van der Waals surface area contributed by atoms with Crippen molar-refractivity contribution in [2.45, 2.75) is 31.6 Å². The van der Waals surface area contributed by atoms with Crippen LogP contribution in [0.4, 0.5) is 0 Å². The summed E-state index contributed by atoms with van der Waals surface area (Å²) in [4.78, 5) is 0. The highest BCUT2D eigenvalue weighted by molar-refractivity contribution is 5.86. The quantitative estimate of drug-likeness (QED) is 0.733. The lowest BCUT2D eigenvalue weighted by Crippen LogP contribution is -2.50. The van der Waals surface area contributed by atoms with Gasteiger partial charge in [0.05, 0.1) is 28.8 Å². The van der Waals surface area contributed by atoms with Crippen LogP contribution in [0.3, 0.4) is 0 Å². The Labute approximate surface area is 151 Å². The molecule has 2 atom stereocenters. The van der Waals surface area contributed by atoms with Gasteiger partial charge < -0.3 is 14.4 Å². The molecule has 0 radical (unpaired) electrons. The molecule has 26 heavy (non-hydrogen) atoms. The molecule has 0 fully saturated rings. The number of para-hydroxylation sites is 1. The first-order chi connectivity index (χ1) is 12.5. The molecule has 0 spiro atoms. The van der Waals surface area contributed by atoms with Gasteiger partial charge in [-0.05, 0) is 38.1 Å². The first-order valence-electron chi connectivity index (χ1n) is 8.37. The summed E-state index contributed by atoms with van der Waals surface area (Å²) in [5.74, 6) is 0.639. The van der Waals surface area contributed by atoms with Crippen LogP contribution < -0.4 is 4.74 Å². The van der Waals surface area contributed by atoms with Crippen molar-refractivity contribution in [3.05, 3.63) is 65.4 Å². The second kappa shape index (κ2) is 5.62. The Morgan fingerprint density at radius 2 is 1.88 bits per heavy atom. The van der Waals surface area contributed by atoms with E-state index in [1.807, 2.05) is 42.7 Å². The fraction of sp³-hybridized carbons (Fsp3) is 0.238. The Kier molecular flexibility index (Phi) is 3.50. The highest BCUT2D eigenvalue weighted by atomic mass is 16.5. The fourth-order valence-corrected chi connectivity index (χ4v) is 3.66. The number of ether oxygens (including phenoxy) is 1. The normalized spacial score (nSPS) is 20.7. The average Bonchev–Trinajstić information content (AvgIpc) is 3.01. The van der Waals surface area contributed by atoms with E-state index in [1.54, 1.807) is 24.4 Å². The molecule has 1 aliphatic rings. The third-order valence-electron chi connectivity index (χ3n) is 5.00. The number of benzene rings is 2. The first-order valence-corrected chi connectivity index (χ1v) is 8.37. The smallest absolute Gasteiger partial charge is 0.132 e. The molecule has 2 unspecified atom stereocenters. The topological polar surface area (TPSA) is 82.0 Å². The summed E-state index contributed by atoms with van der Waals surface area (Å²) in [5.41, 5.74) is 1.83. The number of nitrogens with zero attached hydrogens (tertiary/aromatic N) is 3. The lowest BCUT2D eigenvalue weighted by Gasteiger charge is -2.43. The number of fused-ring (bicyclic) bond motifs is 2. The molecular weight excluding hydrogens is 326 g/mol. The van der Waals surface area contributed by atoms with Crippen LogP contribution in [0, 0.1) is 22.7 Å². The van der Waals surface area contributed by atoms with Gasteiger partial charge >= 0.3 is 0 Å². The zero-order valence-corrected chi connectivity index (χ0v) is 14.5. The van der Waals surface area contributed by atoms with Crippen molar-refractivity contribution in [3.8, 4) is 17.9 Å². The molecule has 4 rings (SSSR count). The predicted octanol–water partition coefficient (Wildman–Crippen LogP) is 3.51. The van der Waals surface area contributed by atoms with Gasteiger partial charge in [-0.3, -0.25) is 0 Å². The van der Waals surface area contributed by atoms with Crippen LogP contribution >= 0.6 is 0 Å². The number of nitriles is 2. The second-order valence-corrected chi connectivity index (χ2v) is 7.04. The van der Waals surface area contributed by atoms with Gasteiger partial charge in [-0.1, -0.05) is 18.2 Å². The molecule has 1 aromatic heterocycles. The molecule has 2 aromatic carbocycles. The van der Waals surface area contributed by atoms with Gasteiger partial charge in [0.25, 0.3) is 0 Å². The summed E-state index contributed by atoms with van der Waals surface area (Å²) in [6.07, 6.45) is 0.911. The van der Waals surface area contributed by atoms with Gasteiger partial charge in [-0.15, -0.1) is 0 Å². The Hall–Kier alpha value is -3.28. The fourth-order valence-electron chi connectivity index (χ4n) is 3.66. The molecule has 5 nitrogen and oxygen atoms in total. The SMILES string of the molecule is CC1(C)Oc2ccc(C#N)cc2C(n2cc(C#N)c3ccccc32)C1O. The lowest BCUT2D eigenvalue weighted by molar-refractivity contribution is -0.0629. The number of hydrogen-bond acceptors (Lipinski definition) is 4. The van der Waals surface area contributed by atoms with E-state index in [9.17, 15) is 15.6 Å². The summed E-state index contributed by atoms with van der Waals surface area (Å²) >= 11 is 0. The third-order valence-corrected chi connectivity index (χ3v) is 5.00. The lowest BCUT2D eigenvalue weighted by atomic mass is 9.85. The van der Waals surface area contributed by atoms with Crippen molar-refractivity contribution in [1.29, 1.82) is 10.5 Å². The van der Waals surface area contributed by atoms with Crippen LogP contribution in [-0.2, 0) is 0 Å². The van der Waals surface area contributed by atoms with Crippen LogP contribution in [0.25, 0.3) is 10.9 Å². The number of aliphatic hydroxyl groups excluding tert-OH is 1. The third kappa shape index (κ3) is 2.26. The van der Waals surface area contributed by atoms with Gasteiger partial charge in [0.1, 0.15) is 23.5 Å². The van der Waals surface area contributed by atoms with E-state index in [0.29, 0.717) is 16.9 Å². The van der Waals surface area contributed by atoms with Crippen molar-refractivity contribution in [2.75, 3.05) is 0 Å². The average molecular weight is 343 g/mol. The van der Waals surface area contributed by atoms with Gasteiger partial charge in [0, 0.05) is 17.1 Å². The van der Waals surface area contributed by atoms with Gasteiger partial charge in [0.15, 0.2) is 0 Å². The molecule has 1 aliphatic heterocycles. The number of hydrogen-bond donors (Lipinski definition) is 1. The van der Waals surface area contributed by atoms with E-state index < -0.39 is 17.7 Å². The van der Waals surface area contributed by atoms with Crippen molar-refractivity contribution < 1.29 is 9.84 Å². The number of aliphatic hydroxyl groups is 1. The minimum Gasteiger partial charge on any atom is -0.485 e. The maximum Gasteiger partial charge on any atom is 0.132 e. The van der Waals surface area contributed by atoms with E-state index >= 15 is 0 Å². The zero-order chi connectivity index (χ0) is 18.5. The highest BCUT2D eigenvalue weighted by Crippen LogP contribution is 2.43. The Morgan fingerprint density at radius 3 is 2.62 bits per heavy atom. The van der Waals surface area contributed by atoms with Crippen LogP contribution in [0.5, 0.6) is 5.75 Å². The Balaban J connectivity index is 2.02. The molecule has 0 bridgehead atoms. The maximum absolute atomic E-state index is 11.1. The molecular formula is C21H17N3O2. The highest BCUT2D eigenvalue weighted by Gasteiger charge is 2.44. The zero-order valence-electron chi connectivity index (χ0n) is 14.5.